The van der Waals surface area contributed by atoms with Gasteiger partial charge in [0.15, 0.2) is 0 Å². The van der Waals surface area contributed by atoms with Crippen LogP contribution in [-0.2, 0) is 17.0 Å². The number of hydrogen-bond acceptors (Lipinski definition) is 0. The molecule has 2 nitrogen and oxygen atoms in total. The zero-order valence-corrected chi connectivity index (χ0v) is 17.8. The van der Waals surface area contributed by atoms with Gasteiger partial charge in [-0.25, -0.2) is 0 Å². The minimum atomic E-state index is -0.556. The molecule has 0 spiro atoms. The number of nitrogens with zero attached hydrogens (tertiary/aromatic N) is 2. The van der Waals surface area contributed by atoms with Crippen molar-refractivity contribution >= 4 is 30.0 Å². The van der Waals surface area contributed by atoms with Crippen molar-refractivity contribution in [3.05, 3.63) is 70.3 Å². The molecule has 0 aliphatic rings. The average molecular weight is 399 g/mol. The molecule has 0 saturated heterocycles. The zero-order valence-electron chi connectivity index (χ0n) is 14.7. The van der Waals surface area contributed by atoms with E-state index in [1.54, 1.807) is 0 Å². The molecule has 2 aromatic rings. The molecular formula is C19H24Cl2N2Ti-2. The van der Waals surface area contributed by atoms with Crippen molar-refractivity contribution in [2.45, 2.75) is 27.7 Å². The van der Waals surface area contributed by atoms with Crippen LogP contribution >= 0.6 is 18.6 Å². The van der Waals surface area contributed by atoms with Crippen LogP contribution < -0.4 is 0 Å². The quantitative estimate of drug-likeness (QED) is 0.453. The summed E-state index contributed by atoms with van der Waals surface area (Å²) in [5, 5.41) is 9.50. The number of rotatable bonds is 6. The van der Waals surface area contributed by atoms with Crippen LogP contribution in [0.25, 0.3) is 10.6 Å². The molecule has 0 saturated carbocycles. The molecule has 0 N–H and O–H groups in total. The fourth-order valence-corrected chi connectivity index (χ4v) is 2.13. The van der Waals surface area contributed by atoms with Gasteiger partial charge in [0.25, 0.3) is 0 Å². The summed E-state index contributed by atoms with van der Waals surface area (Å²) in [6.07, 6.45) is 0. The van der Waals surface area contributed by atoms with Crippen LogP contribution in [0.5, 0.6) is 0 Å². The van der Waals surface area contributed by atoms with Crippen molar-refractivity contribution < 1.29 is 17.0 Å². The van der Waals surface area contributed by atoms with E-state index in [9.17, 15) is 0 Å². The molecule has 0 heterocycles. The maximum absolute atomic E-state index is 4.89. The van der Waals surface area contributed by atoms with Crippen LogP contribution in [0.3, 0.4) is 0 Å². The fourth-order valence-electron chi connectivity index (χ4n) is 2.13. The number of hydrogen-bond donors (Lipinski definition) is 0. The van der Waals surface area contributed by atoms with Crippen LogP contribution in [0.1, 0.15) is 25.0 Å². The molecule has 0 atom stereocenters. The predicted molar refractivity (Wildman–Crippen MR) is 104 cm³/mol. The third-order valence-corrected chi connectivity index (χ3v) is 3.59. The van der Waals surface area contributed by atoms with Crippen molar-refractivity contribution in [1.82, 2.24) is 0 Å². The van der Waals surface area contributed by atoms with E-state index in [1.165, 1.54) is 11.1 Å². The molecule has 0 aromatic heterocycles. The summed E-state index contributed by atoms with van der Waals surface area (Å²) in [5.74, 6) is 0. The van der Waals surface area contributed by atoms with Gasteiger partial charge in [0, 0.05) is 0 Å². The van der Waals surface area contributed by atoms with E-state index in [0.717, 1.165) is 24.5 Å². The Morgan fingerprint density at radius 3 is 1.46 bits per heavy atom. The van der Waals surface area contributed by atoms with Gasteiger partial charge < -0.3 is 10.6 Å². The van der Waals surface area contributed by atoms with Gasteiger partial charge in [0.1, 0.15) is 0 Å². The van der Waals surface area contributed by atoms with E-state index in [4.69, 9.17) is 29.2 Å². The molecule has 0 bridgehead atoms. The first-order valence-electron chi connectivity index (χ1n) is 7.82. The van der Waals surface area contributed by atoms with Crippen LogP contribution in [-0.4, -0.2) is 13.1 Å². The number of para-hydroxylation sites is 2. The molecule has 0 aliphatic heterocycles. The van der Waals surface area contributed by atoms with Crippen LogP contribution in [0, 0.1) is 19.3 Å². The SMILES string of the molecule is Cc1ccccc1[N-]CC(C)(C)C[N-]c1ccccc1C.[Cl][Ti][Cl]. The number of aryl methyl sites for hydroxylation is 2. The molecular weight excluding hydrogens is 375 g/mol. The molecule has 2 rings (SSSR count). The Morgan fingerprint density at radius 2 is 1.12 bits per heavy atom. The monoisotopic (exact) mass is 398 g/mol. The third-order valence-electron chi connectivity index (χ3n) is 3.59. The first-order chi connectivity index (χ1) is 11.4. The van der Waals surface area contributed by atoms with Gasteiger partial charge in [-0.2, -0.15) is 0 Å². The Morgan fingerprint density at radius 1 is 0.792 bits per heavy atom. The third kappa shape index (κ3) is 7.94. The summed E-state index contributed by atoms with van der Waals surface area (Å²) in [6.45, 7) is 10.2. The second-order valence-electron chi connectivity index (χ2n) is 6.44. The summed E-state index contributed by atoms with van der Waals surface area (Å²) in [4.78, 5) is 0. The van der Waals surface area contributed by atoms with E-state index in [1.807, 2.05) is 24.3 Å². The van der Waals surface area contributed by atoms with Crippen molar-refractivity contribution in [3.8, 4) is 0 Å². The maximum atomic E-state index is 4.89. The minimum absolute atomic E-state index is 0.0601. The van der Waals surface area contributed by atoms with Crippen molar-refractivity contribution in [2.75, 3.05) is 13.1 Å². The van der Waals surface area contributed by atoms with Gasteiger partial charge in [0.05, 0.1) is 0 Å². The Hall–Kier alpha value is -0.666. The molecule has 0 amide bonds. The summed E-state index contributed by atoms with van der Waals surface area (Å²) < 4.78 is 0. The molecule has 0 fully saturated rings. The topological polar surface area (TPSA) is 28.2 Å². The van der Waals surface area contributed by atoms with E-state index in [2.05, 4.69) is 52.0 Å². The summed E-state index contributed by atoms with van der Waals surface area (Å²) in [6, 6.07) is 16.5. The van der Waals surface area contributed by atoms with E-state index < -0.39 is 17.0 Å². The van der Waals surface area contributed by atoms with Crippen LogP contribution in [0.15, 0.2) is 48.5 Å². The van der Waals surface area contributed by atoms with Gasteiger partial charge in [-0.05, 0) is 13.8 Å². The number of halogens is 2. The van der Waals surface area contributed by atoms with Crippen LogP contribution in [0.2, 0.25) is 0 Å². The van der Waals surface area contributed by atoms with Crippen LogP contribution in [0.4, 0.5) is 11.4 Å². The zero-order chi connectivity index (χ0) is 18.0. The van der Waals surface area contributed by atoms with Gasteiger partial charge in [0.2, 0.25) is 0 Å². The molecule has 2 aromatic carbocycles. The Balaban J connectivity index is 0.000000891. The Kier molecular flexibility index (Phi) is 9.84. The van der Waals surface area contributed by atoms with Gasteiger partial charge in [-0.1, -0.05) is 78.9 Å². The fraction of sp³-hybridized carbons (Fsp3) is 0.368. The molecule has 0 aliphatic carbocycles. The van der Waals surface area contributed by atoms with E-state index in [-0.39, 0.29) is 5.41 Å². The van der Waals surface area contributed by atoms with Crippen molar-refractivity contribution in [1.29, 1.82) is 0 Å². The Bertz CT molecular complexity index is 566. The molecule has 130 valence electrons. The van der Waals surface area contributed by atoms with E-state index >= 15 is 0 Å². The number of benzene rings is 2. The normalized spacial score (nSPS) is 10.4. The average Bonchev–Trinajstić information content (AvgIpc) is 2.54. The second-order valence-corrected chi connectivity index (χ2v) is 9.02. The first-order valence-corrected chi connectivity index (χ1v) is 12.1. The first kappa shape index (κ1) is 21.4. The molecule has 24 heavy (non-hydrogen) atoms. The van der Waals surface area contributed by atoms with Gasteiger partial charge in [-0.3, -0.25) is 0 Å². The van der Waals surface area contributed by atoms with Gasteiger partial charge in [-0.15, -0.1) is 24.5 Å². The summed E-state index contributed by atoms with van der Waals surface area (Å²) in [5.41, 5.74) is 4.68. The molecule has 5 heteroatoms. The standard InChI is InChI=1S/C19H24N2.2ClH.Ti/c1-15-9-5-7-11-17(15)20-13-19(3,4)14-21-18-12-8-6-10-16(18)2;;;/h5-12H,13-14H2,1-4H3;2*1H;/q-2;;;+2/p-2. The summed E-state index contributed by atoms with van der Waals surface area (Å²) >= 11 is -0.556. The van der Waals surface area contributed by atoms with E-state index in [0.29, 0.717) is 0 Å². The Labute approximate surface area is 163 Å². The van der Waals surface area contributed by atoms with Crippen molar-refractivity contribution in [2.24, 2.45) is 5.41 Å². The van der Waals surface area contributed by atoms with Gasteiger partial charge >= 0.3 is 35.6 Å². The predicted octanol–water partition coefficient (Wildman–Crippen LogP) is 7.42. The van der Waals surface area contributed by atoms with Crippen molar-refractivity contribution in [3.63, 3.8) is 0 Å². The molecule has 0 unspecified atom stereocenters. The summed E-state index contributed by atoms with van der Waals surface area (Å²) in [7, 11) is 9.78. The molecule has 0 radical (unpaired) electrons. The second kappa shape index (κ2) is 11.0.